The lowest BCUT2D eigenvalue weighted by Gasteiger charge is -2.12. The van der Waals surface area contributed by atoms with Gasteiger partial charge in [0, 0.05) is 24.2 Å². The largest absolute Gasteiger partial charge is 0.351 e. The van der Waals surface area contributed by atoms with E-state index in [-0.39, 0.29) is 11.9 Å². The summed E-state index contributed by atoms with van der Waals surface area (Å²) in [7, 11) is 0. The second-order valence-corrected chi connectivity index (χ2v) is 4.80. The topological polar surface area (TPSA) is 54.0 Å². The van der Waals surface area contributed by atoms with E-state index in [2.05, 4.69) is 22.2 Å². The maximum Gasteiger partial charge on any atom is 0.237 e. The molecule has 0 saturated carbocycles. The lowest BCUT2D eigenvalue weighted by Crippen LogP contribution is -2.41. The standard InChI is InChI=1S/C11H17N3OS/c1-4-5-12-11(15)8(2)13-6-10-7-14-9(3)16-10/h4,7-8,13H,1,5-6H2,2-3H3,(H,12,15). The smallest absolute Gasteiger partial charge is 0.237 e. The summed E-state index contributed by atoms with van der Waals surface area (Å²) in [5.74, 6) is -0.0128. The van der Waals surface area contributed by atoms with Gasteiger partial charge in [-0.1, -0.05) is 6.08 Å². The number of hydrogen-bond acceptors (Lipinski definition) is 4. The number of amides is 1. The molecular weight excluding hydrogens is 222 g/mol. The molecule has 1 aromatic heterocycles. The Bertz CT molecular complexity index is 362. The maximum atomic E-state index is 11.5. The Hall–Kier alpha value is -1.20. The van der Waals surface area contributed by atoms with Crippen molar-refractivity contribution in [2.24, 2.45) is 0 Å². The average molecular weight is 239 g/mol. The molecule has 4 nitrogen and oxygen atoms in total. The highest BCUT2D eigenvalue weighted by molar-refractivity contribution is 7.11. The lowest BCUT2D eigenvalue weighted by molar-refractivity contribution is -0.122. The van der Waals surface area contributed by atoms with E-state index >= 15 is 0 Å². The van der Waals surface area contributed by atoms with Gasteiger partial charge in [0.25, 0.3) is 0 Å². The van der Waals surface area contributed by atoms with Gasteiger partial charge >= 0.3 is 0 Å². The van der Waals surface area contributed by atoms with Crippen LogP contribution in [0.1, 0.15) is 16.8 Å². The molecule has 0 radical (unpaired) electrons. The Labute approximate surface area is 99.8 Å². The van der Waals surface area contributed by atoms with E-state index in [0.29, 0.717) is 13.1 Å². The van der Waals surface area contributed by atoms with E-state index in [9.17, 15) is 4.79 Å². The molecule has 0 fully saturated rings. The van der Waals surface area contributed by atoms with Gasteiger partial charge in [-0.05, 0) is 13.8 Å². The summed E-state index contributed by atoms with van der Waals surface area (Å²) >= 11 is 1.64. The van der Waals surface area contributed by atoms with E-state index in [4.69, 9.17) is 0 Å². The summed E-state index contributed by atoms with van der Waals surface area (Å²) < 4.78 is 0. The van der Waals surface area contributed by atoms with Gasteiger partial charge in [-0.2, -0.15) is 0 Å². The zero-order valence-electron chi connectivity index (χ0n) is 9.62. The first kappa shape index (κ1) is 12.9. The number of aryl methyl sites for hydroxylation is 1. The Morgan fingerprint density at radius 1 is 1.75 bits per heavy atom. The van der Waals surface area contributed by atoms with E-state index in [1.165, 1.54) is 0 Å². The molecule has 88 valence electrons. The van der Waals surface area contributed by atoms with Crippen LogP contribution in [0, 0.1) is 6.92 Å². The lowest BCUT2D eigenvalue weighted by atomic mass is 10.3. The van der Waals surface area contributed by atoms with Crippen LogP contribution in [0.25, 0.3) is 0 Å². The summed E-state index contributed by atoms with van der Waals surface area (Å²) in [5, 5.41) is 6.93. The first-order valence-electron chi connectivity index (χ1n) is 5.16. The average Bonchev–Trinajstić information content (AvgIpc) is 2.68. The third-order valence-corrected chi connectivity index (χ3v) is 2.98. The molecule has 1 aromatic rings. The number of aromatic nitrogens is 1. The molecule has 0 aromatic carbocycles. The Kier molecular flexibility index (Phi) is 5.14. The molecule has 2 N–H and O–H groups in total. The molecule has 0 aliphatic heterocycles. The minimum Gasteiger partial charge on any atom is -0.351 e. The number of rotatable bonds is 6. The molecular formula is C11H17N3OS. The van der Waals surface area contributed by atoms with Crippen molar-refractivity contribution in [1.29, 1.82) is 0 Å². The first-order chi connectivity index (χ1) is 7.63. The summed E-state index contributed by atoms with van der Waals surface area (Å²) in [6.45, 7) is 8.53. The quantitative estimate of drug-likeness (QED) is 0.734. The molecule has 0 spiro atoms. The van der Waals surface area contributed by atoms with E-state index in [1.54, 1.807) is 17.4 Å². The van der Waals surface area contributed by atoms with Gasteiger partial charge in [-0.3, -0.25) is 4.79 Å². The molecule has 0 aliphatic rings. The summed E-state index contributed by atoms with van der Waals surface area (Å²) in [6.07, 6.45) is 3.50. The number of thiazole rings is 1. The first-order valence-corrected chi connectivity index (χ1v) is 5.98. The Morgan fingerprint density at radius 2 is 2.50 bits per heavy atom. The summed E-state index contributed by atoms with van der Waals surface area (Å²) in [4.78, 5) is 16.8. The van der Waals surface area contributed by atoms with Crippen LogP contribution in [0.15, 0.2) is 18.9 Å². The van der Waals surface area contributed by atoms with Crippen LogP contribution in [0.5, 0.6) is 0 Å². The Morgan fingerprint density at radius 3 is 3.06 bits per heavy atom. The molecule has 1 rings (SSSR count). The van der Waals surface area contributed by atoms with Crippen LogP contribution in [0.3, 0.4) is 0 Å². The predicted molar refractivity (Wildman–Crippen MR) is 66.4 cm³/mol. The molecule has 1 heterocycles. The highest BCUT2D eigenvalue weighted by Gasteiger charge is 2.11. The SMILES string of the molecule is C=CCNC(=O)C(C)NCc1cnc(C)s1. The molecule has 1 amide bonds. The zero-order valence-corrected chi connectivity index (χ0v) is 10.4. The molecule has 0 saturated heterocycles. The van der Waals surface area contributed by atoms with Crippen molar-refractivity contribution in [1.82, 2.24) is 15.6 Å². The highest BCUT2D eigenvalue weighted by Crippen LogP contribution is 2.10. The fourth-order valence-corrected chi connectivity index (χ4v) is 1.91. The van der Waals surface area contributed by atoms with Gasteiger partial charge in [-0.25, -0.2) is 4.98 Å². The number of nitrogens with zero attached hydrogens (tertiary/aromatic N) is 1. The zero-order chi connectivity index (χ0) is 12.0. The van der Waals surface area contributed by atoms with Crippen LogP contribution in [-0.4, -0.2) is 23.5 Å². The number of carbonyl (C=O) groups excluding carboxylic acids is 1. The van der Waals surface area contributed by atoms with Crippen molar-refractivity contribution in [3.63, 3.8) is 0 Å². The predicted octanol–water partition coefficient (Wildman–Crippen LogP) is 1.23. The minimum absolute atomic E-state index is 0.0128. The fourth-order valence-electron chi connectivity index (χ4n) is 1.16. The molecule has 0 bridgehead atoms. The third kappa shape index (κ3) is 4.12. The van der Waals surface area contributed by atoms with E-state index < -0.39 is 0 Å². The summed E-state index contributed by atoms with van der Waals surface area (Å²) in [6, 6.07) is -0.206. The number of hydrogen-bond donors (Lipinski definition) is 2. The number of carbonyl (C=O) groups is 1. The van der Waals surface area contributed by atoms with Gasteiger partial charge in [0.1, 0.15) is 0 Å². The fraction of sp³-hybridized carbons (Fsp3) is 0.455. The molecule has 16 heavy (non-hydrogen) atoms. The normalized spacial score (nSPS) is 12.1. The van der Waals surface area contributed by atoms with Crippen molar-refractivity contribution < 1.29 is 4.79 Å². The molecule has 1 unspecified atom stereocenters. The van der Waals surface area contributed by atoms with Crippen LogP contribution in [0.2, 0.25) is 0 Å². The number of nitrogens with one attached hydrogen (secondary N) is 2. The molecule has 0 aliphatic carbocycles. The summed E-state index contributed by atoms with van der Waals surface area (Å²) in [5.41, 5.74) is 0. The van der Waals surface area contributed by atoms with Gasteiger partial charge in [0.2, 0.25) is 5.91 Å². The third-order valence-electron chi connectivity index (χ3n) is 2.07. The molecule has 1 atom stereocenters. The molecule has 5 heteroatoms. The van der Waals surface area contributed by atoms with Crippen molar-refractivity contribution in [2.45, 2.75) is 26.4 Å². The maximum absolute atomic E-state index is 11.5. The van der Waals surface area contributed by atoms with Crippen molar-refractivity contribution in [3.05, 3.63) is 28.7 Å². The van der Waals surface area contributed by atoms with Gasteiger partial charge < -0.3 is 10.6 Å². The Balaban J connectivity index is 2.31. The van der Waals surface area contributed by atoms with Crippen molar-refractivity contribution >= 4 is 17.2 Å². The van der Waals surface area contributed by atoms with Gasteiger partial charge in [0.15, 0.2) is 0 Å². The second-order valence-electron chi connectivity index (χ2n) is 3.48. The van der Waals surface area contributed by atoms with Crippen LogP contribution < -0.4 is 10.6 Å². The van der Waals surface area contributed by atoms with E-state index in [0.717, 1.165) is 9.88 Å². The van der Waals surface area contributed by atoms with Crippen LogP contribution in [-0.2, 0) is 11.3 Å². The van der Waals surface area contributed by atoms with Crippen LogP contribution in [0.4, 0.5) is 0 Å². The van der Waals surface area contributed by atoms with Crippen molar-refractivity contribution in [3.8, 4) is 0 Å². The van der Waals surface area contributed by atoms with Crippen LogP contribution >= 0.6 is 11.3 Å². The van der Waals surface area contributed by atoms with Gasteiger partial charge in [0.05, 0.1) is 11.0 Å². The van der Waals surface area contributed by atoms with Gasteiger partial charge in [-0.15, -0.1) is 17.9 Å². The highest BCUT2D eigenvalue weighted by atomic mass is 32.1. The van der Waals surface area contributed by atoms with E-state index in [1.807, 2.05) is 20.0 Å². The minimum atomic E-state index is -0.206. The monoisotopic (exact) mass is 239 g/mol. The van der Waals surface area contributed by atoms with Crippen molar-refractivity contribution in [2.75, 3.05) is 6.54 Å². The second kappa shape index (κ2) is 6.40.